The number of rotatable bonds is 13. The van der Waals surface area contributed by atoms with E-state index in [2.05, 4.69) is 145 Å². The van der Waals surface area contributed by atoms with Gasteiger partial charge >= 0.3 is 18.9 Å². The third kappa shape index (κ3) is 7.01. The van der Waals surface area contributed by atoms with Gasteiger partial charge < -0.3 is 15.2 Å². The number of hydrogen-bond donors (Lipinski definition) is 0. The topological polar surface area (TPSA) is 18.5 Å². The summed E-state index contributed by atoms with van der Waals surface area (Å²) in [6, 6.07) is 31.8. The van der Waals surface area contributed by atoms with Crippen LogP contribution in [0.3, 0.4) is 0 Å². The summed E-state index contributed by atoms with van der Waals surface area (Å²) in [6.45, 7) is 16.5. The fourth-order valence-electron chi connectivity index (χ4n) is 6.08. The zero-order valence-corrected chi connectivity index (χ0v) is 25.8. The van der Waals surface area contributed by atoms with Crippen molar-refractivity contribution < 1.29 is 28.0 Å². The maximum Gasteiger partial charge on any atom is 1.00 e. The molecular formula is C34H45LiO2Si. The van der Waals surface area contributed by atoms with Crippen molar-refractivity contribution in [3.05, 3.63) is 120 Å². The summed E-state index contributed by atoms with van der Waals surface area (Å²) in [7, 11) is -2.10. The normalized spacial score (nSPS) is 13.3. The monoisotopic (exact) mass is 520 g/mol. The molecule has 198 valence electrons. The molecule has 0 spiro atoms. The van der Waals surface area contributed by atoms with Crippen LogP contribution in [0.15, 0.2) is 97.1 Å². The van der Waals surface area contributed by atoms with Crippen molar-refractivity contribution >= 4 is 8.32 Å². The third-order valence-corrected chi connectivity index (χ3v) is 13.8. The van der Waals surface area contributed by atoms with Crippen LogP contribution in [0.2, 0.25) is 16.6 Å². The molecule has 3 aromatic rings. The van der Waals surface area contributed by atoms with E-state index in [0.717, 1.165) is 23.1 Å². The minimum Gasteiger partial charge on any atom is -0.504 e. The zero-order valence-electron chi connectivity index (χ0n) is 24.8. The van der Waals surface area contributed by atoms with Gasteiger partial charge in [0, 0.05) is 0 Å². The first-order valence-electron chi connectivity index (χ1n) is 13.8. The molecule has 0 fully saturated rings. The summed E-state index contributed by atoms with van der Waals surface area (Å²) >= 11 is 0. The van der Waals surface area contributed by atoms with E-state index >= 15 is 0 Å². The molecule has 0 unspecified atom stereocenters. The summed E-state index contributed by atoms with van der Waals surface area (Å²) in [5, 5.41) is 0. The first-order valence-corrected chi connectivity index (χ1v) is 15.9. The second-order valence-corrected chi connectivity index (χ2v) is 16.3. The second-order valence-electron chi connectivity index (χ2n) is 10.9. The van der Waals surface area contributed by atoms with Gasteiger partial charge in [0.15, 0.2) is 0 Å². The fraction of sp³-hybridized carbons (Fsp3) is 0.412. The van der Waals surface area contributed by atoms with Crippen LogP contribution in [0.5, 0.6) is 0 Å². The van der Waals surface area contributed by atoms with Crippen LogP contribution >= 0.6 is 0 Å². The Labute approximate surface area is 245 Å². The minimum atomic E-state index is -2.10. The number of benzene rings is 3. The average molecular weight is 521 g/mol. The molecule has 0 heterocycles. The van der Waals surface area contributed by atoms with E-state index in [1.807, 2.05) is 6.92 Å². The van der Waals surface area contributed by atoms with Crippen molar-refractivity contribution in [1.82, 2.24) is 0 Å². The standard InChI is InChI=1S/C34H45O2Si.Li/c1-8-9-25-33(36-37(27(2)3,28(4)5)29(6)7)26-35-34(30-19-13-10-14-20-30,31-21-15-11-16-22-31)32-23-17-12-18-24-32;/h9-24,27-29,33H,25-26H2,1-7H3;/q-1;+1/t33-;/m0./s1. The van der Waals surface area contributed by atoms with Crippen LogP contribution in [-0.2, 0) is 14.8 Å². The molecule has 0 saturated heterocycles. The Morgan fingerprint density at radius 3 is 1.37 bits per heavy atom. The van der Waals surface area contributed by atoms with E-state index in [-0.39, 0.29) is 25.0 Å². The van der Waals surface area contributed by atoms with Crippen molar-refractivity contribution in [3.8, 4) is 0 Å². The van der Waals surface area contributed by atoms with Gasteiger partial charge in [-0.05, 0) is 39.7 Å². The van der Waals surface area contributed by atoms with Crippen molar-refractivity contribution in [2.45, 2.75) is 83.2 Å². The molecule has 0 amide bonds. The average Bonchev–Trinajstić information content (AvgIpc) is 2.91. The molecule has 0 bridgehead atoms. The molecule has 0 N–H and O–H groups in total. The Balaban J connectivity index is 0.00000507. The van der Waals surface area contributed by atoms with E-state index in [0.29, 0.717) is 23.2 Å². The predicted octanol–water partition coefficient (Wildman–Crippen LogP) is 6.33. The Bertz CT molecular complexity index is 963. The molecule has 0 aliphatic rings. The van der Waals surface area contributed by atoms with Gasteiger partial charge in [-0.25, -0.2) is 0 Å². The Hall–Kier alpha value is -1.87. The van der Waals surface area contributed by atoms with E-state index < -0.39 is 13.9 Å². The molecule has 2 nitrogen and oxygen atoms in total. The molecule has 38 heavy (non-hydrogen) atoms. The molecule has 3 rings (SSSR count). The van der Waals surface area contributed by atoms with Crippen molar-refractivity contribution in [3.63, 3.8) is 0 Å². The summed E-state index contributed by atoms with van der Waals surface area (Å²) in [5.74, 6) is 0. The molecule has 3 aromatic carbocycles. The smallest absolute Gasteiger partial charge is 0.504 e. The maximum atomic E-state index is 7.27. The Morgan fingerprint density at radius 1 is 0.684 bits per heavy atom. The quantitative estimate of drug-likeness (QED) is 0.149. The number of hydrogen-bond acceptors (Lipinski definition) is 2. The van der Waals surface area contributed by atoms with Gasteiger partial charge in [-0.3, -0.25) is 6.08 Å². The number of allylic oxidation sites excluding steroid dienone is 1. The maximum absolute atomic E-state index is 7.27. The largest absolute Gasteiger partial charge is 1.00 e. The second kappa shape index (κ2) is 15.1. The van der Waals surface area contributed by atoms with E-state index in [4.69, 9.17) is 9.16 Å². The fourth-order valence-corrected chi connectivity index (χ4v) is 11.6. The first kappa shape index (κ1) is 32.3. The van der Waals surface area contributed by atoms with Gasteiger partial charge in [-0.1, -0.05) is 133 Å². The Kier molecular flexibility index (Phi) is 12.8. The Morgan fingerprint density at radius 2 is 1.05 bits per heavy atom. The van der Waals surface area contributed by atoms with Gasteiger partial charge in [-0.15, -0.1) is 0 Å². The van der Waals surface area contributed by atoms with Gasteiger partial charge in [0.25, 0.3) is 0 Å². The van der Waals surface area contributed by atoms with Crippen LogP contribution in [0.1, 0.15) is 71.6 Å². The van der Waals surface area contributed by atoms with Gasteiger partial charge in [0.1, 0.15) is 5.60 Å². The summed E-state index contributed by atoms with van der Waals surface area (Å²) < 4.78 is 14.5. The van der Waals surface area contributed by atoms with Crippen molar-refractivity contribution in [1.29, 1.82) is 0 Å². The molecule has 0 aliphatic heterocycles. The minimum absolute atomic E-state index is 0. The van der Waals surface area contributed by atoms with Crippen LogP contribution in [-0.4, -0.2) is 21.0 Å². The third-order valence-electron chi connectivity index (χ3n) is 7.69. The van der Waals surface area contributed by atoms with Crippen LogP contribution < -0.4 is 18.9 Å². The molecule has 0 aromatic heterocycles. The molecule has 1 atom stereocenters. The van der Waals surface area contributed by atoms with Gasteiger partial charge in [0.2, 0.25) is 8.32 Å². The zero-order chi connectivity index (χ0) is 26.9. The van der Waals surface area contributed by atoms with Gasteiger partial charge in [0.05, 0.1) is 12.7 Å². The van der Waals surface area contributed by atoms with Crippen LogP contribution in [0.4, 0.5) is 0 Å². The van der Waals surface area contributed by atoms with E-state index in [1.54, 1.807) is 0 Å². The van der Waals surface area contributed by atoms with Gasteiger partial charge in [-0.2, -0.15) is 6.92 Å². The molecule has 0 aliphatic carbocycles. The molecular weight excluding hydrogens is 475 g/mol. The summed E-state index contributed by atoms with van der Waals surface area (Å²) in [6.07, 6.45) is 6.05. The molecule has 4 heteroatoms. The summed E-state index contributed by atoms with van der Waals surface area (Å²) in [4.78, 5) is 0. The predicted molar refractivity (Wildman–Crippen MR) is 159 cm³/mol. The molecule has 0 radical (unpaired) electrons. The van der Waals surface area contributed by atoms with E-state index in [9.17, 15) is 0 Å². The van der Waals surface area contributed by atoms with Crippen LogP contribution in [0, 0.1) is 6.08 Å². The number of ether oxygens (including phenoxy) is 1. The molecule has 0 saturated carbocycles. The van der Waals surface area contributed by atoms with E-state index in [1.165, 1.54) is 0 Å². The van der Waals surface area contributed by atoms with Crippen molar-refractivity contribution in [2.75, 3.05) is 6.61 Å². The van der Waals surface area contributed by atoms with Crippen LogP contribution in [0.25, 0.3) is 0 Å². The van der Waals surface area contributed by atoms with Crippen molar-refractivity contribution in [2.24, 2.45) is 0 Å². The summed E-state index contributed by atoms with van der Waals surface area (Å²) in [5.41, 5.74) is 4.12. The SMILES string of the molecule is C[C-]=CC[C@@H](COC(c1ccccc1)(c1ccccc1)c1ccccc1)O[Si](C(C)C)(C(C)C)C(C)C.[Li+]. The first-order chi connectivity index (χ1) is 17.8.